The number of rotatable bonds is 6. The first-order valence-electron chi connectivity index (χ1n) is 8.71. The summed E-state index contributed by atoms with van der Waals surface area (Å²) in [5.41, 5.74) is 2.69. The van der Waals surface area contributed by atoms with E-state index in [1.807, 2.05) is 73.7 Å². The van der Waals surface area contributed by atoms with Crippen molar-refractivity contribution in [3.63, 3.8) is 0 Å². The molecule has 0 aromatic heterocycles. The van der Waals surface area contributed by atoms with Crippen LogP contribution in [0.5, 0.6) is 0 Å². The van der Waals surface area contributed by atoms with E-state index in [0.717, 1.165) is 33.4 Å². The van der Waals surface area contributed by atoms with Crippen molar-refractivity contribution in [1.82, 2.24) is 4.90 Å². The fourth-order valence-corrected chi connectivity index (χ4v) is 4.33. The van der Waals surface area contributed by atoms with Gasteiger partial charge in [-0.05, 0) is 36.1 Å². The van der Waals surface area contributed by atoms with Gasteiger partial charge in [0.1, 0.15) is 4.32 Å². The van der Waals surface area contributed by atoms with Crippen molar-refractivity contribution in [3.8, 4) is 0 Å². The van der Waals surface area contributed by atoms with Gasteiger partial charge >= 0.3 is 0 Å². The molecule has 1 heterocycles. The summed E-state index contributed by atoms with van der Waals surface area (Å²) in [6, 6.07) is 17.7. The maximum Gasteiger partial charge on any atom is 0.266 e. The number of hydrogen-bond acceptors (Lipinski definition) is 5. The predicted molar refractivity (Wildman–Crippen MR) is 114 cm³/mol. The first kappa shape index (κ1) is 20.0. The smallest absolute Gasteiger partial charge is 0.266 e. The largest absolute Gasteiger partial charge is 0.548 e. The quantitative estimate of drug-likeness (QED) is 0.543. The van der Waals surface area contributed by atoms with Crippen LogP contribution in [0.25, 0.3) is 6.08 Å². The molecule has 0 aliphatic carbocycles. The highest BCUT2D eigenvalue weighted by Gasteiger charge is 2.37. The average molecular weight is 409 g/mol. The van der Waals surface area contributed by atoms with Crippen molar-refractivity contribution in [2.75, 3.05) is 0 Å². The minimum atomic E-state index is -1.32. The highest BCUT2D eigenvalue weighted by atomic mass is 32.2. The van der Waals surface area contributed by atoms with Crippen LogP contribution in [0.1, 0.15) is 18.1 Å². The number of allylic oxidation sites excluding steroid dienone is 2. The van der Waals surface area contributed by atoms with Gasteiger partial charge in [-0.3, -0.25) is 9.69 Å². The Morgan fingerprint density at radius 1 is 1.14 bits per heavy atom. The number of aliphatic carboxylic acids is 1. The van der Waals surface area contributed by atoms with Crippen molar-refractivity contribution in [2.24, 2.45) is 0 Å². The molecular weight excluding hydrogens is 390 g/mol. The Hall–Kier alpha value is -2.70. The molecule has 6 heteroatoms. The molecular formula is C22H18NO3S2-. The zero-order valence-electron chi connectivity index (χ0n) is 15.2. The van der Waals surface area contributed by atoms with E-state index in [9.17, 15) is 14.7 Å². The maximum absolute atomic E-state index is 12.9. The van der Waals surface area contributed by atoms with Gasteiger partial charge in [0.25, 0.3) is 5.91 Å². The molecule has 1 saturated heterocycles. The van der Waals surface area contributed by atoms with E-state index < -0.39 is 17.9 Å². The van der Waals surface area contributed by atoms with Gasteiger partial charge in [-0.15, -0.1) is 0 Å². The van der Waals surface area contributed by atoms with Gasteiger partial charge in [0.15, 0.2) is 0 Å². The minimum Gasteiger partial charge on any atom is -0.548 e. The Balaban J connectivity index is 1.83. The monoisotopic (exact) mass is 408 g/mol. The minimum absolute atomic E-state index is 0.141. The summed E-state index contributed by atoms with van der Waals surface area (Å²) >= 11 is 6.42. The third-order valence-electron chi connectivity index (χ3n) is 4.23. The van der Waals surface area contributed by atoms with Crippen molar-refractivity contribution >= 4 is 46.3 Å². The molecule has 1 atom stereocenters. The van der Waals surface area contributed by atoms with E-state index in [1.165, 1.54) is 0 Å². The second-order valence-electron chi connectivity index (χ2n) is 6.38. The molecule has 0 unspecified atom stereocenters. The Kier molecular flexibility index (Phi) is 6.44. The molecule has 2 aromatic rings. The van der Waals surface area contributed by atoms with Crippen LogP contribution in [0.2, 0.25) is 0 Å². The first-order chi connectivity index (χ1) is 13.5. The number of thioether (sulfide) groups is 1. The molecule has 0 radical (unpaired) electrons. The first-order valence-corrected chi connectivity index (χ1v) is 9.93. The molecule has 1 aliphatic heterocycles. The molecule has 142 valence electrons. The van der Waals surface area contributed by atoms with Gasteiger partial charge in [0.05, 0.1) is 16.9 Å². The molecule has 2 aromatic carbocycles. The van der Waals surface area contributed by atoms with Crippen LogP contribution in [-0.4, -0.2) is 27.1 Å². The van der Waals surface area contributed by atoms with E-state index >= 15 is 0 Å². The molecule has 0 spiro atoms. The molecule has 0 N–H and O–H groups in total. The normalized spacial score (nSPS) is 17.2. The third kappa shape index (κ3) is 4.77. The summed E-state index contributed by atoms with van der Waals surface area (Å²) in [5.74, 6) is -1.72. The molecule has 0 bridgehead atoms. The molecule has 1 amide bonds. The summed E-state index contributed by atoms with van der Waals surface area (Å²) in [5, 5.41) is 11.7. The number of carboxylic acids is 1. The van der Waals surface area contributed by atoms with Gasteiger partial charge in [-0.1, -0.05) is 90.7 Å². The standard InChI is InChI=1S/C22H19NO3S2/c1-15(12-16-8-4-2-5-9-16)13-19-20(24)23(22(27)28-19)18(21(25)26)14-17-10-6-3-7-11-17/h2-13,18H,14H2,1H3,(H,25,26)/p-1/b15-12+,19-13-/t18-/m0/s1. The van der Waals surface area contributed by atoms with Gasteiger partial charge in [0, 0.05) is 0 Å². The lowest BCUT2D eigenvalue weighted by Crippen LogP contribution is -2.51. The number of amides is 1. The number of carbonyl (C=O) groups excluding carboxylic acids is 2. The molecule has 1 fully saturated rings. The van der Waals surface area contributed by atoms with Crippen LogP contribution in [0.15, 0.2) is 77.2 Å². The van der Waals surface area contributed by atoms with E-state index in [2.05, 4.69) is 0 Å². The number of nitrogens with zero attached hydrogens (tertiary/aromatic N) is 1. The zero-order chi connectivity index (χ0) is 20.1. The fraction of sp³-hybridized carbons (Fsp3) is 0.136. The molecule has 1 aliphatic rings. The van der Waals surface area contributed by atoms with Crippen molar-refractivity contribution in [3.05, 3.63) is 88.3 Å². The molecule has 0 saturated carbocycles. The SMILES string of the molecule is CC(/C=C1\SC(=S)N([C@@H](Cc2ccccc2)C(=O)[O-])C1=O)=C\c1ccccc1. The van der Waals surface area contributed by atoms with Crippen LogP contribution in [0.3, 0.4) is 0 Å². The maximum atomic E-state index is 12.9. The lowest BCUT2D eigenvalue weighted by molar-refractivity contribution is -0.310. The lowest BCUT2D eigenvalue weighted by atomic mass is 10.0. The van der Waals surface area contributed by atoms with Gasteiger partial charge in [-0.25, -0.2) is 0 Å². The van der Waals surface area contributed by atoms with E-state index in [0.29, 0.717) is 4.91 Å². The zero-order valence-corrected chi connectivity index (χ0v) is 16.8. The fourth-order valence-electron chi connectivity index (χ4n) is 2.93. The Morgan fingerprint density at radius 3 is 2.36 bits per heavy atom. The Labute approximate surface area is 173 Å². The van der Waals surface area contributed by atoms with Gasteiger partial charge in [-0.2, -0.15) is 0 Å². The number of carboxylic acid groups (broad SMARTS) is 1. The second kappa shape index (κ2) is 8.99. The molecule has 28 heavy (non-hydrogen) atoms. The lowest BCUT2D eigenvalue weighted by Gasteiger charge is -2.27. The predicted octanol–water partition coefficient (Wildman–Crippen LogP) is 3.20. The van der Waals surface area contributed by atoms with E-state index in [-0.39, 0.29) is 10.7 Å². The van der Waals surface area contributed by atoms with Crippen LogP contribution >= 0.6 is 24.0 Å². The van der Waals surface area contributed by atoms with E-state index in [4.69, 9.17) is 12.2 Å². The number of benzene rings is 2. The van der Waals surface area contributed by atoms with Crippen molar-refractivity contribution < 1.29 is 14.7 Å². The Bertz CT molecular complexity index is 952. The summed E-state index contributed by atoms with van der Waals surface area (Å²) in [6.45, 7) is 1.89. The number of thiocarbonyl (C=S) groups is 1. The van der Waals surface area contributed by atoms with Crippen LogP contribution in [-0.2, 0) is 16.0 Å². The highest BCUT2D eigenvalue weighted by Crippen LogP contribution is 2.34. The van der Waals surface area contributed by atoms with Gasteiger partial charge in [0.2, 0.25) is 0 Å². The summed E-state index contributed by atoms with van der Waals surface area (Å²) in [6.07, 6.45) is 3.83. The van der Waals surface area contributed by atoms with Crippen LogP contribution < -0.4 is 5.11 Å². The number of hydrogen-bond donors (Lipinski definition) is 0. The van der Waals surface area contributed by atoms with Crippen molar-refractivity contribution in [2.45, 2.75) is 19.4 Å². The van der Waals surface area contributed by atoms with Crippen LogP contribution in [0.4, 0.5) is 0 Å². The summed E-state index contributed by atoms with van der Waals surface area (Å²) in [4.78, 5) is 26.2. The average Bonchev–Trinajstić information content (AvgIpc) is 2.94. The van der Waals surface area contributed by atoms with Gasteiger partial charge < -0.3 is 9.90 Å². The molecule has 3 rings (SSSR count). The summed E-state index contributed by atoms with van der Waals surface area (Å²) < 4.78 is 0.230. The number of carbonyl (C=O) groups is 2. The highest BCUT2D eigenvalue weighted by molar-refractivity contribution is 8.26. The Morgan fingerprint density at radius 2 is 1.75 bits per heavy atom. The second-order valence-corrected chi connectivity index (χ2v) is 8.05. The third-order valence-corrected chi connectivity index (χ3v) is 5.56. The van der Waals surface area contributed by atoms with Crippen molar-refractivity contribution in [1.29, 1.82) is 0 Å². The molecule has 4 nitrogen and oxygen atoms in total. The van der Waals surface area contributed by atoms with Crippen LogP contribution in [0, 0.1) is 0 Å². The van der Waals surface area contributed by atoms with E-state index in [1.54, 1.807) is 6.08 Å². The topological polar surface area (TPSA) is 60.4 Å². The summed E-state index contributed by atoms with van der Waals surface area (Å²) in [7, 11) is 0.